The van der Waals surface area contributed by atoms with Crippen LogP contribution in [0.1, 0.15) is 21.5 Å². The van der Waals surface area contributed by atoms with E-state index < -0.39 is 0 Å². The van der Waals surface area contributed by atoms with E-state index in [1.807, 2.05) is 25.1 Å². The van der Waals surface area contributed by atoms with Crippen LogP contribution in [0.3, 0.4) is 0 Å². The number of rotatable bonds is 5. The second kappa shape index (κ2) is 6.24. The Balaban J connectivity index is 2.20. The minimum Gasteiger partial charge on any atom is -0.497 e. The molecule has 0 saturated heterocycles. The Morgan fingerprint density at radius 1 is 1.00 bits per heavy atom. The largest absolute Gasteiger partial charge is 0.497 e. The molecule has 2 aromatic carbocycles. The number of ether oxygens (including phenoxy) is 2. The molecule has 20 heavy (non-hydrogen) atoms. The molecular formula is C17H18O3. The molecule has 3 heteroatoms. The monoisotopic (exact) mass is 270 g/mol. The van der Waals surface area contributed by atoms with Gasteiger partial charge in [-0.2, -0.15) is 0 Å². The van der Waals surface area contributed by atoms with Gasteiger partial charge < -0.3 is 9.47 Å². The first-order valence-corrected chi connectivity index (χ1v) is 6.45. The van der Waals surface area contributed by atoms with Crippen molar-refractivity contribution in [3.05, 3.63) is 59.2 Å². The quantitative estimate of drug-likeness (QED) is 0.781. The van der Waals surface area contributed by atoms with E-state index in [1.54, 1.807) is 38.5 Å². The summed E-state index contributed by atoms with van der Waals surface area (Å²) < 4.78 is 10.4. The van der Waals surface area contributed by atoms with Gasteiger partial charge in [0.15, 0.2) is 5.78 Å². The molecule has 0 aliphatic carbocycles. The van der Waals surface area contributed by atoms with E-state index in [4.69, 9.17) is 9.47 Å². The van der Waals surface area contributed by atoms with Gasteiger partial charge in [0.25, 0.3) is 0 Å². The number of methoxy groups -OCH3 is 2. The van der Waals surface area contributed by atoms with E-state index in [2.05, 4.69) is 0 Å². The van der Waals surface area contributed by atoms with Gasteiger partial charge in [0, 0.05) is 17.5 Å². The van der Waals surface area contributed by atoms with Gasteiger partial charge in [-0.05, 0) is 37.3 Å². The second-order valence-corrected chi connectivity index (χ2v) is 4.64. The molecule has 0 saturated carbocycles. The van der Waals surface area contributed by atoms with Crippen LogP contribution in [0.5, 0.6) is 11.5 Å². The van der Waals surface area contributed by atoms with Crippen LogP contribution in [0, 0.1) is 6.92 Å². The summed E-state index contributed by atoms with van der Waals surface area (Å²) in [5, 5.41) is 0. The molecule has 0 atom stereocenters. The first kappa shape index (κ1) is 14.1. The Kier molecular flexibility index (Phi) is 4.41. The van der Waals surface area contributed by atoms with E-state index in [0.29, 0.717) is 12.0 Å². The average Bonchev–Trinajstić information content (AvgIpc) is 2.47. The summed E-state index contributed by atoms with van der Waals surface area (Å²) in [7, 11) is 3.22. The summed E-state index contributed by atoms with van der Waals surface area (Å²) in [4.78, 5) is 12.3. The number of hydrogen-bond donors (Lipinski definition) is 0. The van der Waals surface area contributed by atoms with Crippen molar-refractivity contribution in [2.75, 3.05) is 14.2 Å². The van der Waals surface area contributed by atoms with Crippen molar-refractivity contribution in [2.24, 2.45) is 0 Å². The smallest absolute Gasteiger partial charge is 0.167 e. The maximum Gasteiger partial charge on any atom is 0.167 e. The average molecular weight is 270 g/mol. The summed E-state index contributed by atoms with van der Waals surface area (Å²) in [6, 6.07) is 13.0. The molecule has 104 valence electrons. The summed E-state index contributed by atoms with van der Waals surface area (Å²) in [5.74, 6) is 1.56. The lowest BCUT2D eigenvalue weighted by Crippen LogP contribution is -2.05. The number of hydrogen-bond acceptors (Lipinski definition) is 3. The molecule has 2 rings (SSSR count). The van der Waals surface area contributed by atoms with E-state index >= 15 is 0 Å². The fraction of sp³-hybridized carbons (Fsp3) is 0.235. The third kappa shape index (κ3) is 3.18. The lowest BCUT2D eigenvalue weighted by Gasteiger charge is -2.09. The van der Waals surface area contributed by atoms with Crippen molar-refractivity contribution in [1.29, 1.82) is 0 Å². The molecule has 0 radical (unpaired) electrons. The molecule has 0 heterocycles. The molecule has 0 spiro atoms. The highest BCUT2D eigenvalue weighted by atomic mass is 16.5. The highest BCUT2D eigenvalue weighted by Crippen LogP contribution is 2.22. The fourth-order valence-corrected chi connectivity index (χ4v) is 2.10. The summed E-state index contributed by atoms with van der Waals surface area (Å²) in [6.45, 7) is 2.00. The van der Waals surface area contributed by atoms with Gasteiger partial charge in [-0.15, -0.1) is 0 Å². The van der Waals surface area contributed by atoms with Gasteiger partial charge >= 0.3 is 0 Å². The molecule has 0 amide bonds. The second-order valence-electron chi connectivity index (χ2n) is 4.64. The van der Waals surface area contributed by atoms with Crippen LogP contribution in [-0.4, -0.2) is 20.0 Å². The third-order valence-electron chi connectivity index (χ3n) is 3.20. The van der Waals surface area contributed by atoms with Gasteiger partial charge in [-0.1, -0.05) is 17.7 Å². The Bertz CT molecular complexity index is 600. The molecule has 0 bridgehead atoms. The molecule has 2 aromatic rings. The van der Waals surface area contributed by atoms with Crippen LogP contribution in [0.15, 0.2) is 42.5 Å². The molecule has 0 N–H and O–H groups in total. The molecular weight excluding hydrogens is 252 g/mol. The van der Waals surface area contributed by atoms with Crippen molar-refractivity contribution < 1.29 is 14.3 Å². The van der Waals surface area contributed by atoms with Crippen molar-refractivity contribution >= 4 is 5.78 Å². The highest BCUT2D eigenvalue weighted by molar-refractivity contribution is 5.97. The number of benzene rings is 2. The Morgan fingerprint density at radius 3 is 2.30 bits per heavy atom. The zero-order valence-corrected chi connectivity index (χ0v) is 12.0. The molecule has 0 aliphatic rings. The molecule has 0 aromatic heterocycles. The summed E-state index contributed by atoms with van der Waals surface area (Å²) in [6.07, 6.45) is 0.331. The summed E-state index contributed by atoms with van der Waals surface area (Å²) >= 11 is 0. The van der Waals surface area contributed by atoms with Gasteiger partial charge in [-0.25, -0.2) is 0 Å². The van der Waals surface area contributed by atoms with Crippen LogP contribution < -0.4 is 9.47 Å². The number of carbonyl (C=O) groups is 1. The number of carbonyl (C=O) groups excluding carboxylic acids is 1. The molecule has 3 nitrogen and oxygen atoms in total. The first-order valence-electron chi connectivity index (χ1n) is 6.45. The van der Waals surface area contributed by atoms with E-state index in [1.165, 1.54) is 0 Å². The minimum absolute atomic E-state index is 0.0663. The Morgan fingerprint density at radius 2 is 1.70 bits per heavy atom. The fourth-order valence-electron chi connectivity index (χ4n) is 2.10. The highest BCUT2D eigenvalue weighted by Gasteiger charge is 2.11. The van der Waals surface area contributed by atoms with Crippen LogP contribution in [0.4, 0.5) is 0 Å². The summed E-state index contributed by atoms with van der Waals surface area (Å²) in [5.41, 5.74) is 2.70. The third-order valence-corrected chi connectivity index (χ3v) is 3.20. The van der Waals surface area contributed by atoms with Gasteiger partial charge in [-0.3, -0.25) is 4.79 Å². The maximum absolute atomic E-state index is 12.3. The van der Waals surface area contributed by atoms with Gasteiger partial charge in [0.2, 0.25) is 0 Å². The van der Waals surface area contributed by atoms with Crippen molar-refractivity contribution in [2.45, 2.75) is 13.3 Å². The normalized spacial score (nSPS) is 10.2. The Hall–Kier alpha value is -2.29. The molecule has 0 aliphatic heterocycles. The van der Waals surface area contributed by atoms with Crippen molar-refractivity contribution in [3.63, 3.8) is 0 Å². The van der Waals surface area contributed by atoms with Crippen LogP contribution >= 0.6 is 0 Å². The van der Waals surface area contributed by atoms with Crippen LogP contribution in [0.25, 0.3) is 0 Å². The number of aryl methyl sites for hydroxylation is 1. The van der Waals surface area contributed by atoms with Crippen molar-refractivity contribution in [3.8, 4) is 11.5 Å². The lowest BCUT2D eigenvalue weighted by atomic mass is 10.0. The standard InChI is InChI=1S/C17H18O3/c1-12-4-9-17(20-3)14(10-12)11-16(18)13-5-7-15(19-2)8-6-13/h4-10H,11H2,1-3H3. The van der Waals surface area contributed by atoms with Crippen LogP contribution in [-0.2, 0) is 6.42 Å². The van der Waals surface area contributed by atoms with Gasteiger partial charge in [0.1, 0.15) is 11.5 Å². The predicted molar refractivity (Wildman–Crippen MR) is 78.8 cm³/mol. The van der Waals surface area contributed by atoms with Gasteiger partial charge in [0.05, 0.1) is 14.2 Å². The van der Waals surface area contributed by atoms with E-state index in [9.17, 15) is 4.79 Å². The predicted octanol–water partition coefficient (Wildman–Crippen LogP) is 3.44. The SMILES string of the molecule is COc1ccc(C(=O)Cc2cc(C)ccc2OC)cc1. The van der Waals surface area contributed by atoms with Crippen LogP contribution in [0.2, 0.25) is 0 Å². The zero-order valence-electron chi connectivity index (χ0n) is 12.0. The minimum atomic E-state index is 0.0663. The van der Waals surface area contributed by atoms with Crippen molar-refractivity contribution in [1.82, 2.24) is 0 Å². The first-order chi connectivity index (χ1) is 9.63. The van der Waals surface area contributed by atoms with E-state index in [0.717, 1.165) is 22.6 Å². The molecule has 0 fully saturated rings. The molecule has 0 unspecified atom stereocenters. The van der Waals surface area contributed by atoms with E-state index in [-0.39, 0.29) is 5.78 Å². The number of Topliss-reactive ketones (excluding diaryl/α,β-unsaturated/α-hetero) is 1. The lowest BCUT2D eigenvalue weighted by molar-refractivity contribution is 0.0992. The Labute approximate surface area is 119 Å². The number of ketones is 1. The maximum atomic E-state index is 12.3. The zero-order chi connectivity index (χ0) is 14.5. The topological polar surface area (TPSA) is 35.5 Å².